The monoisotopic (exact) mass is 147 g/mol. The van der Waals surface area contributed by atoms with E-state index in [0.29, 0.717) is 11.5 Å². The summed E-state index contributed by atoms with van der Waals surface area (Å²) in [5.74, 6) is 0.715. The van der Waals surface area contributed by atoms with Crippen LogP contribution in [0.2, 0.25) is 0 Å². The minimum atomic E-state index is 0.672. The van der Waals surface area contributed by atoms with Crippen molar-refractivity contribution in [1.82, 2.24) is 9.97 Å². The summed E-state index contributed by atoms with van der Waals surface area (Å²) in [6, 6.07) is 0. The van der Waals surface area contributed by atoms with Crippen LogP contribution in [0.1, 0.15) is 11.5 Å². The standard InChI is InChI=1S/C8H9N3/c1-4-7-8(9-3)5-10-6(2)11-7/h4-5H,1,3H2,2H3. The molecule has 11 heavy (non-hydrogen) atoms. The van der Waals surface area contributed by atoms with Gasteiger partial charge in [0, 0.05) is 0 Å². The Balaban J connectivity index is 3.26. The number of aryl methyl sites for hydroxylation is 1. The average Bonchev–Trinajstić information content (AvgIpc) is 2.04. The molecule has 3 nitrogen and oxygen atoms in total. The summed E-state index contributed by atoms with van der Waals surface area (Å²) in [6.07, 6.45) is 3.27. The summed E-state index contributed by atoms with van der Waals surface area (Å²) in [5.41, 5.74) is 1.40. The van der Waals surface area contributed by atoms with Crippen molar-refractivity contribution >= 4 is 18.5 Å². The second-order valence-corrected chi connectivity index (χ2v) is 2.05. The molecule has 1 rings (SSSR count). The first-order valence-corrected chi connectivity index (χ1v) is 3.20. The smallest absolute Gasteiger partial charge is 0.126 e. The van der Waals surface area contributed by atoms with Crippen molar-refractivity contribution in [2.24, 2.45) is 4.99 Å². The first-order valence-electron chi connectivity index (χ1n) is 3.20. The number of nitrogens with zero attached hydrogens (tertiary/aromatic N) is 3. The largest absolute Gasteiger partial charge is 0.261 e. The molecule has 0 amide bonds. The van der Waals surface area contributed by atoms with Gasteiger partial charge in [0.05, 0.1) is 11.9 Å². The fraction of sp³-hybridized carbons (Fsp3) is 0.125. The van der Waals surface area contributed by atoms with Crippen molar-refractivity contribution in [3.05, 3.63) is 24.3 Å². The first-order chi connectivity index (χ1) is 5.27. The molecule has 1 aromatic heterocycles. The molecule has 0 aliphatic carbocycles. The van der Waals surface area contributed by atoms with Crippen molar-refractivity contribution < 1.29 is 0 Å². The number of aromatic nitrogens is 2. The van der Waals surface area contributed by atoms with Gasteiger partial charge in [0.1, 0.15) is 11.5 Å². The SMILES string of the molecule is C=Cc1nc(C)ncc1N=C. The fourth-order valence-electron chi connectivity index (χ4n) is 0.753. The Bertz CT molecular complexity index is 291. The molecule has 1 aromatic rings. The third-order valence-corrected chi connectivity index (χ3v) is 1.28. The average molecular weight is 147 g/mol. The molecule has 1 heterocycles. The summed E-state index contributed by atoms with van der Waals surface area (Å²) >= 11 is 0. The number of hydrogen-bond donors (Lipinski definition) is 0. The lowest BCUT2D eigenvalue weighted by Crippen LogP contribution is -1.89. The molecule has 0 spiro atoms. The van der Waals surface area contributed by atoms with Crippen LogP contribution in [0.15, 0.2) is 17.8 Å². The third kappa shape index (κ3) is 1.49. The Morgan fingerprint density at radius 3 is 2.91 bits per heavy atom. The number of rotatable bonds is 2. The van der Waals surface area contributed by atoms with E-state index in [1.165, 1.54) is 0 Å². The van der Waals surface area contributed by atoms with Gasteiger partial charge in [-0.25, -0.2) is 9.97 Å². The fourth-order valence-corrected chi connectivity index (χ4v) is 0.753. The molecule has 0 saturated carbocycles. The van der Waals surface area contributed by atoms with E-state index in [0.717, 1.165) is 5.69 Å². The summed E-state index contributed by atoms with van der Waals surface area (Å²) in [6.45, 7) is 8.81. The molecular formula is C8H9N3. The van der Waals surface area contributed by atoms with E-state index in [4.69, 9.17) is 0 Å². The van der Waals surface area contributed by atoms with Gasteiger partial charge in [-0.15, -0.1) is 0 Å². The molecular weight excluding hydrogens is 138 g/mol. The van der Waals surface area contributed by atoms with Crippen LogP contribution < -0.4 is 0 Å². The second-order valence-electron chi connectivity index (χ2n) is 2.05. The van der Waals surface area contributed by atoms with Gasteiger partial charge in [-0.05, 0) is 19.7 Å². The zero-order valence-electron chi connectivity index (χ0n) is 6.41. The second kappa shape index (κ2) is 3.05. The molecule has 0 fully saturated rings. The Morgan fingerprint density at radius 1 is 1.64 bits per heavy atom. The Labute approximate surface area is 65.5 Å². The summed E-state index contributed by atoms with van der Waals surface area (Å²) < 4.78 is 0. The normalized spacial score (nSPS) is 9.18. The maximum atomic E-state index is 4.10. The molecule has 3 heteroatoms. The third-order valence-electron chi connectivity index (χ3n) is 1.28. The van der Waals surface area contributed by atoms with Gasteiger partial charge in [-0.1, -0.05) is 6.58 Å². The molecule has 0 unspecified atom stereocenters. The van der Waals surface area contributed by atoms with Crippen LogP contribution in [-0.2, 0) is 0 Å². The highest BCUT2D eigenvalue weighted by molar-refractivity contribution is 5.60. The van der Waals surface area contributed by atoms with Crippen molar-refractivity contribution in [2.75, 3.05) is 0 Å². The molecule has 0 aliphatic rings. The first kappa shape index (κ1) is 7.60. The number of aliphatic imine (C=N–C) groups is 1. The van der Waals surface area contributed by atoms with Gasteiger partial charge in [0.2, 0.25) is 0 Å². The van der Waals surface area contributed by atoms with E-state index in [2.05, 4.69) is 28.3 Å². The van der Waals surface area contributed by atoms with Gasteiger partial charge < -0.3 is 0 Å². The van der Waals surface area contributed by atoms with Crippen LogP contribution in [-0.4, -0.2) is 16.7 Å². The van der Waals surface area contributed by atoms with Gasteiger partial charge in [-0.2, -0.15) is 0 Å². The minimum Gasteiger partial charge on any atom is -0.261 e. The maximum Gasteiger partial charge on any atom is 0.126 e. The molecule has 0 aromatic carbocycles. The lowest BCUT2D eigenvalue weighted by atomic mass is 10.3. The molecule has 0 N–H and O–H groups in total. The van der Waals surface area contributed by atoms with Crippen LogP contribution >= 0.6 is 0 Å². The van der Waals surface area contributed by atoms with Gasteiger partial charge in [0.25, 0.3) is 0 Å². The highest BCUT2D eigenvalue weighted by atomic mass is 14.9. The predicted octanol–water partition coefficient (Wildman–Crippen LogP) is 1.76. The van der Waals surface area contributed by atoms with E-state index in [1.54, 1.807) is 12.3 Å². The van der Waals surface area contributed by atoms with E-state index in [-0.39, 0.29) is 0 Å². The zero-order valence-corrected chi connectivity index (χ0v) is 6.41. The summed E-state index contributed by atoms with van der Waals surface area (Å²) in [4.78, 5) is 11.8. The van der Waals surface area contributed by atoms with Crippen molar-refractivity contribution in [3.8, 4) is 0 Å². The van der Waals surface area contributed by atoms with E-state index >= 15 is 0 Å². The van der Waals surface area contributed by atoms with Crippen LogP contribution in [0, 0.1) is 6.92 Å². The molecule has 0 saturated heterocycles. The van der Waals surface area contributed by atoms with Gasteiger partial charge >= 0.3 is 0 Å². The topological polar surface area (TPSA) is 38.1 Å². The van der Waals surface area contributed by atoms with E-state index < -0.39 is 0 Å². The predicted molar refractivity (Wildman–Crippen MR) is 46.1 cm³/mol. The van der Waals surface area contributed by atoms with Crippen molar-refractivity contribution in [3.63, 3.8) is 0 Å². The number of hydrogen-bond acceptors (Lipinski definition) is 3. The molecule has 0 atom stereocenters. The summed E-state index contributed by atoms with van der Waals surface area (Å²) in [5, 5.41) is 0. The lowest BCUT2D eigenvalue weighted by Gasteiger charge is -1.97. The van der Waals surface area contributed by atoms with Crippen LogP contribution in [0.25, 0.3) is 6.08 Å². The van der Waals surface area contributed by atoms with Crippen molar-refractivity contribution in [2.45, 2.75) is 6.92 Å². The van der Waals surface area contributed by atoms with E-state index in [1.807, 2.05) is 6.92 Å². The van der Waals surface area contributed by atoms with Crippen molar-refractivity contribution in [1.29, 1.82) is 0 Å². The zero-order chi connectivity index (χ0) is 8.27. The van der Waals surface area contributed by atoms with Crippen LogP contribution in [0.5, 0.6) is 0 Å². The Hall–Kier alpha value is -1.51. The minimum absolute atomic E-state index is 0.672. The van der Waals surface area contributed by atoms with Crippen LogP contribution in [0.3, 0.4) is 0 Å². The molecule has 56 valence electrons. The quantitative estimate of drug-likeness (QED) is 0.598. The highest BCUT2D eigenvalue weighted by Crippen LogP contribution is 2.15. The summed E-state index contributed by atoms with van der Waals surface area (Å²) in [7, 11) is 0. The lowest BCUT2D eigenvalue weighted by molar-refractivity contribution is 1.04. The Kier molecular flexibility index (Phi) is 2.11. The van der Waals surface area contributed by atoms with Gasteiger partial charge in [-0.3, -0.25) is 4.99 Å². The van der Waals surface area contributed by atoms with Gasteiger partial charge in [0.15, 0.2) is 0 Å². The molecule has 0 radical (unpaired) electrons. The maximum absolute atomic E-state index is 4.10. The van der Waals surface area contributed by atoms with Crippen LogP contribution in [0.4, 0.5) is 5.69 Å². The highest BCUT2D eigenvalue weighted by Gasteiger charge is 1.97. The molecule has 0 bridgehead atoms. The Morgan fingerprint density at radius 2 is 2.36 bits per heavy atom. The van der Waals surface area contributed by atoms with E-state index in [9.17, 15) is 0 Å². The molecule has 0 aliphatic heterocycles.